The molecule has 1 heterocycles. The lowest BCUT2D eigenvalue weighted by Crippen LogP contribution is -2.56. The zero-order valence-corrected chi connectivity index (χ0v) is 10.9. The van der Waals surface area contributed by atoms with Gasteiger partial charge in [0, 0.05) is 6.42 Å². The van der Waals surface area contributed by atoms with Crippen molar-refractivity contribution in [1.29, 1.82) is 0 Å². The van der Waals surface area contributed by atoms with Crippen LogP contribution in [0, 0.1) is 0 Å². The van der Waals surface area contributed by atoms with Gasteiger partial charge in [-0.25, -0.2) is 0 Å². The van der Waals surface area contributed by atoms with Gasteiger partial charge < -0.3 is 9.22 Å². The smallest absolute Gasteiger partial charge is 0.267 e. The fraction of sp³-hybridized carbons (Fsp3) is 1.00. The fourth-order valence-electron chi connectivity index (χ4n) is 2.03. The maximum Gasteiger partial charge on any atom is 0.267 e. The summed E-state index contributed by atoms with van der Waals surface area (Å²) in [6, 6.07) is 0. The monoisotopic (exact) mass is 252 g/mol. The number of rotatable bonds is 5. The Kier molecular flexibility index (Phi) is 4.73. The van der Waals surface area contributed by atoms with Crippen molar-refractivity contribution in [2.45, 2.75) is 25.5 Å². The second-order valence-electron chi connectivity index (χ2n) is 4.56. The van der Waals surface area contributed by atoms with Crippen LogP contribution in [0.4, 0.5) is 0 Å². The van der Waals surface area contributed by atoms with Crippen molar-refractivity contribution >= 4 is 10.1 Å². The van der Waals surface area contributed by atoms with Gasteiger partial charge in [-0.05, 0) is 13.8 Å². The zero-order chi connectivity index (χ0) is 12.2. The van der Waals surface area contributed by atoms with Crippen LogP contribution in [-0.4, -0.2) is 62.1 Å². The van der Waals surface area contributed by atoms with Crippen LogP contribution in [0.25, 0.3) is 0 Å². The summed E-state index contributed by atoms with van der Waals surface area (Å²) < 4.78 is 37.0. The minimum absolute atomic E-state index is 0.507. The Balaban J connectivity index is 2.51. The number of ether oxygens (including phenoxy) is 1. The molecule has 0 aromatic carbocycles. The van der Waals surface area contributed by atoms with Crippen LogP contribution in [0.3, 0.4) is 0 Å². The van der Waals surface area contributed by atoms with Gasteiger partial charge in [-0.2, -0.15) is 8.42 Å². The van der Waals surface area contributed by atoms with Crippen LogP contribution in [0.15, 0.2) is 0 Å². The van der Waals surface area contributed by atoms with Gasteiger partial charge in [0.1, 0.15) is 13.1 Å². The van der Waals surface area contributed by atoms with Crippen molar-refractivity contribution in [3.63, 3.8) is 0 Å². The summed E-state index contributed by atoms with van der Waals surface area (Å²) in [5.74, 6) is 0. The van der Waals surface area contributed by atoms with Crippen LogP contribution >= 0.6 is 0 Å². The highest BCUT2D eigenvalue weighted by Gasteiger charge is 2.30. The zero-order valence-electron chi connectivity index (χ0n) is 10.1. The van der Waals surface area contributed by atoms with Gasteiger partial charge >= 0.3 is 0 Å². The highest BCUT2D eigenvalue weighted by molar-refractivity contribution is 7.86. The van der Waals surface area contributed by atoms with E-state index in [1.54, 1.807) is 6.92 Å². The molecule has 6 heteroatoms. The third kappa shape index (κ3) is 3.69. The van der Waals surface area contributed by atoms with Crippen molar-refractivity contribution < 1.29 is 22.2 Å². The lowest BCUT2D eigenvalue weighted by atomic mass is 10.2. The van der Waals surface area contributed by atoms with E-state index in [1.807, 2.05) is 0 Å². The van der Waals surface area contributed by atoms with Crippen LogP contribution in [0.5, 0.6) is 0 Å². The largest absolute Gasteiger partial charge is 0.370 e. The quantitative estimate of drug-likeness (QED) is 0.572. The Morgan fingerprint density at radius 3 is 2.38 bits per heavy atom. The topological polar surface area (TPSA) is 63.6 Å². The van der Waals surface area contributed by atoms with Crippen LogP contribution in [0.1, 0.15) is 20.3 Å². The molecule has 0 radical (unpaired) electrons. The minimum Gasteiger partial charge on any atom is -0.370 e. The summed E-state index contributed by atoms with van der Waals surface area (Å²) in [6.07, 6.45) is 0.507. The number of quaternary nitrogens is 1. The minimum atomic E-state index is -3.88. The van der Waals surface area contributed by atoms with Gasteiger partial charge in [0.05, 0.1) is 31.6 Å². The summed E-state index contributed by atoms with van der Waals surface area (Å²) in [6.45, 7) is 8.82. The average Bonchev–Trinajstić information content (AvgIpc) is 2.26. The first-order valence-corrected chi connectivity index (χ1v) is 7.29. The molecule has 0 aliphatic carbocycles. The van der Waals surface area contributed by atoms with E-state index >= 15 is 0 Å². The van der Waals surface area contributed by atoms with Gasteiger partial charge in [-0.3, -0.25) is 4.55 Å². The predicted octanol–water partition coefficient (Wildman–Crippen LogP) is 0.520. The Morgan fingerprint density at radius 2 is 1.94 bits per heavy atom. The summed E-state index contributed by atoms with van der Waals surface area (Å²) >= 11 is 0. The first-order chi connectivity index (χ1) is 7.40. The standard InChI is InChI=1S/C10H21NO4S/c1-3-11(6-8-15-9-7-11)5-4-10(2)16(12,13)14/h10H,3-9H2,1-2H3/p+1. The Labute approximate surface area is 97.7 Å². The van der Waals surface area contributed by atoms with Crippen LogP contribution < -0.4 is 0 Å². The van der Waals surface area contributed by atoms with E-state index in [4.69, 9.17) is 9.29 Å². The Bertz CT molecular complexity index is 309. The molecular formula is C10H22NO4S+. The first kappa shape index (κ1) is 13.9. The SMILES string of the molecule is CC[N+]1(CCC(C)S(=O)(=O)O)CCOCC1. The van der Waals surface area contributed by atoms with Gasteiger partial charge in [0.15, 0.2) is 0 Å². The molecule has 0 spiro atoms. The van der Waals surface area contributed by atoms with Crippen LogP contribution in [-0.2, 0) is 14.9 Å². The second kappa shape index (κ2) is 5.44. The molecular weight excluding hydrogens is 230 g/mol. The molecule has 96 valence electrons. The maximum atomic E-state index is 10.9. The maximum absolute atomic E-state index is 10.9. The summed E-state index contributed by atoms with van der Waals surface area (Å²) in [5, 5.41) is -0.670. The van der Waals surface area contributed by atoms with E-state index in [2.05, 4.69) is 6.92 Å². The normalized spacial score (nSPS) is 22.9. The predicted molar refractivity (Wildman–Crippen MR) is 61.8 cm³/mol. The number of hydrogen-bond acceptors (Lipinski definition) is 3. The molecule has 1 aliphatic heterocycles. The Morgan fingerprint density at radius 1 is 1.38 bits per heavy atom. The molecule has 1 aliphatic rings. The molecule has 0 amide bonds. The van der Waals surface area contributed by atoms with Crippen molar-refractivity contribution in [3.8, 4) is 0 Å². The third-order valence-electron chi connectivity index (χ3n) is 3.61. The molecule has 1 fully saturated rings. The Hall–Kier alpha value is -0.170. The average molecular weight is 252 g/mol. The van der Waals surface area contributed by atoms with E-state index < -0.39 is 15.4 Å². The number of morpholine rings is 1. The number of nitrogens with zero attached hydrogens (tertiary/aromatic N) is 1. The summed E-state index contributed by atoms with van der Waals surface area (Å²) in [4.78, 5) is 0. The molecule has 0 aromatic heterocycles. The van der Waals surface area contributed by atoms with E-state index in [1.165, 1.54) is 0 Å². The second-order valence-corrected chi connectivity index (χ2v) is 6.39. The first-order valence-electron chi connectivity index (χ1n) is 5.79. The molecule has 1 saturated heterocycles. The van der Waals surface area contributed by atoms with Crippen molar-refractivity contribution in [2.24, 2.45) is 0 Å². The van der Waals surface area contributed by atoms with Gasteiger partial charge in [-0.1, -0.05) is 0 Å². The molecule has 0 bridgehead atoms. The highest BCUT2D eigenvalue weighted by atomic mass is 32.2. The fourth-order valence-corrected chi connectivity index (χ4v) is 2.44. The molecule has 16 heavy (non-hydrogen) atoms. The van der Waals surface area contributed by atoms with Crippen LogP contribution in [0.2, 0.25) is 0 Å². The molecule has 1 unspecified atom stereocenters. The van der Waals surface area contributed by atoms with Crippen molar-refractivity contribution in [1.82, 2.24) is 0 Å². The molecule has 0 aromatic rings. The number of hydrogen-bond donors (Lipinski definition) is 1. The highest BCUT2D eigenvalue weighted by Crippen LogP contribution is 2.15. The lowest BCUT2D eigenvalue weighted by molar-refractivity contribution is -0.933. The van der Waals surface area contributed by atoms with E-state index in [0.717, 1.165) is 43.9 Å². The molecule has 0 saturated carbocycles. The van der Waals surface area contributed by atoms with Gasteiger partial charge in [0.2, 0.25) is 0 Å². The van der Waals surface area contributed by atoms with E-state index in [9.17, 15) is 8.42 Å². The van der Waals surface area contributed by atoms with Crippen molar-refractivity contribution in [2.75, 3.05) is 39.4 Å². The van der Waals surface area contributed by atoms with Gasteiger partial charge in [-0.15, -0.1) is 0 Å². The van der Waals surface area contributed by atoms with Gasteiger partial charge in [0.25, 0.3) is 10.1 Å². The molecule has 1 rings (SSSR count). The third-order valence-corrected chi connectivity index (χ3v) is 4.86. The number of likely N-dealkylation sites (N-methyl/N-ethyl adjacent to an activating group) is 1. The molecule has 1 atom stereocenters. The molecule has 5 nitrogen and oxygen atoms in total. The summed E-state index contributed by atoms with van der Waals surface area (Å²) in [5.41, 5.74) is 0. The molecule has 1 N–H and O–H groups in total. The van der Waals surface area contributed by atoms with Crippen molar-refractivity contribution in [3.05, 3.63) is 0 Å². The van der Waals surface area contributed by atoms with E-state index in [-0.39, 0.29) is 0 Å². The lowest BCUT2D eigenvalue weighted by Gasteiger charge is -2.41. The summed E-state index contributed by atoms with van der Waals surface area (Å²) in [7, 11) is -3.88. The van der Waals surface area contributed by atoms with E-state index in [0.29, 0.717) is 6.42 Å².